The Hall–Kier alpha value is -3.02. The Morgan fingerprint density at radius 2 is 1.48 bits per heavy atom. The fraction of sp³-hybridized carbons (Fsp3) is 0.333. The van der Waals surface area contributed by atoms with Gasteiger partial charge >= 0.3 is 0 Å². The van der Waals surface area contributed by atoms with Gasteiger partial charge in [-0.3, -0.25) is 9.59 Å². The van der Waals surface area contributed by atoms with E-state index >= 15 is 0 Å². The molecule has 0 atom stereocenters. The van der Waals surface area contributed by atoms with E-state index in [0.29, 0.717) is 30.2 Å². The quantitative estimate of drug-likeness (QED) is 0.813. The number of benzene rings is 2. The number of rotatable bonds is 7. The van der Waals surface area contributed by atoms with Crippen molar-refractivity contribution in [2.24, 2.45) is 0 Å². The normalized spacial score (nSPS) is 10.3. The van der Waals surface area contributed by atoms with Crippen molar-refractivity contribution < 1.29 is 19.1 Å². The Morgan fingerprint density at radius 3 is 1.96 bits per heavy atom. The Bertz CT molecular complexity index is 790. The summed E-state index contributed by atoms with van der Waals surface area (Å²) in [6.45, 7) is 6.21. The number of nitrogens with one attached hydrogen (secondary N) is 1. The van der Waals surface area contributed by atoms with Gasteiger partial charge in [0.1, 0.15) is 11.5 Å². The van der Waals surface area contributed by atoms with Crippen LogP contribution in [-0.2, 0) is 4.79 Å². The van der Waals surface area contributed by atoms with Gasteiger partial charge in [0, 0.05) is 37.3 Å². The number of amides is 2. The molecule has 0 radical (unpaired) electrons. The van der Waals surface area contributed by atoms with E-state index in [4.69, 9.17) is 9.47 Å². The van der Waals surface area contributed by atoms with E-state index in [1.165, 1.54) is 21.1 Å². The van der Waals surface area contributed by atoms with Crippen molar-refractivity contribution in [1.29, 1.82) is 0 Å². The molecule has 0 unspecified atom stereocenters. The average molecular weight is 370 g/mol. The lowest BCUT2D eigenvalue weighted by atomic mass is 10.1. The number of ether oxygens (including phenoxy) is 2. The minimum Gasteiger partial charge on any atom is -0.497 e. The summed E-state index contributed by atoms with van der Waals surface area (Å²) in [5.41, 5.74) is 3.44. The fourth-order valence-electron chi connectivity index (χ4n) is 2.90. The zero-order valence-electron chi connectivity index (χ0n) is 16.5. The molecule has 0 aliphatic carbocycles. The zero-order valence-corrected chi connectivity index (χ0v) is 16.5. The zero-order chi connectivity index (χ0) is 20.0. The minimum atomic E-state index is -0.254. The van der Waals surface area contributed by atoms with Gasteiger partial charge in [-0.25, -0.2) is 0 Å². The third-order valence-electron chi connectivity index (χ3n) is 4.13. The van der Waals surface area contributed by atoms with Crippen LogP contribution >= 0.6 is 0 Å². The summed E-state index contributed by atoms with van der Waals surface area (Å²) < 4.78 is 10.4. The van der Waals surface area contributed by atoms with Gasteiger partial charge in [-0.2, -0.15) is 0 Å². The van der Waals surface area contributed by atoms with Crippen LogP contribution in [-0.4, -0.2) is 39.1 Å². The van der Waals surface area contributed by atoms with Gasteiger partial charge in [-0.1, -0.05) is 6.07 Å². The van der Waals surface area contributed by atoms with Crippen LogP contribution in [0.5, 0.6) is 11.5 Å². The molecular weight excluding hydrogens is 344 g/mol. The van der Waals surface area contributed by atoms with Gasteiger partial charge in [0.2, 0.25) is 5.91 Å². The monoisotopic (exact) mass is 370 g/mol. The van der Waals surface area contributed by atoms with E-state index in [2.05, 4.69) is 11.4 Å². The van der Waals surface area contributed by atoms with Crippen LogP contribution in [0.2, 0.25) is 0 Å². The van der Waals surface area contributed by atoms with Crippen molar-refractivity contribution in [3.8, 4) is 11.5 Å². The van der Waals surface area contributed by atoms with Crippen molar-refractivity contribution in [3.63, 3.8) is 0 Å². The second-order valence-electron chi connectivity index (χ2n) is 6.37. The summed E-state index contributed by atoms with van der Waals surface area (Å²) >= 11 is 0. The minimum absolute atomic E-state index is 0.0719. The van der Waals surface area contributed by atoms with Gasteiger partial charge in [-0.05, 0) is 49.2 Å². The predicted molar refractivity (Wildman–Crippen MR) is 106 cm³/mol. The highest BCUT2D eigenvalue weighted by atomic mass is 16.5. The first kappa shape index (κ1) is 20.3. The highest BCUT2D eigenvalue weighted by Crippen LogP contribution is 2.22. The van der Waals surface area contributed by atoms with Crippen LogP contribution < -0.4 is 19.7 Å². The molecule has 2 amide bonds. The molecule has 0 fully saturated rings. The Labute approximate surface area is 160 Å². The number of hydrogen-bond donors (Lipinski definition) is 1. The van der Waals surface area contributed by atoms with Crippen molar-refractivity contribution >= 4 is 17.5 Å². The summed E-state index contributed by atoms with van der Waals surface area (Å²) in [6.07, 6.45) is 0. The number of methoxy groups -OCH3 is 2. The first-order valence-corrected chi connectivity index (χ1v) is 8.71. The molecule has 6 heteroatoms. The van der Waals surface area contributed by atoms with Crippen LogP contribution in [0.3, 0.4) is 0 Å². The molecule has 2 aromatic rings. The molecule has 0 aromatic heterocycles. The predicted octanol–water partition coefficient (Wildman–Crippen LogP) is 3.10. The van der Waals surface area contributed by atoms with Crippen LogP contribution in [0, 0.1) is 13.8 Å². The number of hydrogen-bond acceptors (Lipinski definition) is 4. The van der Waals surface area contributed by atoms with E-state index in [1.54, 1.807) is 23.1 Å². The van der Waals surface area contributed by atoms with Crippen molar-refractivity contribution in [2.75, 3.05) is 32.2 Å². The maximum atomic E-state index is 12.5. The number of carbonyl (C=O) groups is 2. The molecule has 1 N–H and O–H groups in total. The molecule has 0 aliphatic heterocycles. The summed E-state index contributed by atoms with van der Waals surface area (Å²) in [6, 6.07) is 11.0. The smallest absolute Gasteiger partial charge is 0.251 e. The molecule has 0 bridgehead atoms. The lowest BCUT2D eigenvalue weighted by Gasteiger charge is -2.22. The van der Waals surface area contributed by atoms with Gasteiger partial charge in [0.25, 0.3) is 5.91 Å². The van der Waals surface area contributed by atoms with Crippen LogP contribution in [0.1, 0.15) is 28.4 Å². The molecule has 0 spiro atoms. The SMILES string of the molecule is COc1cc(OC)cc(C(=O)NCCN(C(C)=O)c2cc(C)cc(C)c2)c1. The molecular formula is C21H26N2O4. The maximum Gasteiger partial charge on any atom is 0.251 e. The number of anilines is 1. The van der Waals surface area contributed by atoms with Gasteiger partial charge < -0.3 is 19.7 Å². The molecule has 0 aliphatic rings. The van der Waals surface area contributed by atoms with Crippen LogP contribution in [0.4, 0.5) is 5.69 Å². The molecule has 0 heterocycles. The van der Waals surface area contributed by atoms with Gasteiger partial charge in [0.05, 0.1) is 14.2 Å². The third kappa shape index (κ3) is 5.48. The highest BCUT2D eigenvalue weighted by molar-refractivity contribution is 5.95. The lowest BCUT2D eigenvalue weighted by Crippen LogP contribution is -2.37. The van der Waals surface area contributed by atoms with Crippen molar-refractivity contribution in [1.82, 2.24) is 5.32 Å². The topological polar surface area (TPSA) is 67.9 Å². The second-order valence-corrected chi connectivity index (χ2v) is 6.37. The molecule has 0 saturated carbocycles. The molecule has 27 heavy (non-hydrogen) atoms. The summed E-state index contributed by atoms with van der Waals surface area (Å²) in [7, 11) is 3.07. The maximum absolute atomic E-state index is 12.5. The van der Waals surface area contributed by atoms with E-state index < -0.39 is 0 Å². The van der Waals surface area contributed by atoms with E-state index in [9.17, 15) is 9.59 Å². The standard InChI is InChI=1S/C21H26N2O4/c1-14-8-15(2)10-18(9-14)23(16(3)24)7-6-22-21(25)17-11-19(26-4)13-20(12-17)27-5/h8-13H,6-7H2,1-5H3,(H,22,25). The van der Waals surface area contributed by atoms with E-state index in [0.717, 1.165) is 16.8 Å². The summed E-state index contributed by atoms with van der Waals surface area (Å²) in [5.74, 6) is 0.758. The molecule has 6 nitrogen and oxygen atoms in total. The summed E-state index contributed by atoms with van der Waals surface area (Å²) in [4.78, 5) is 26.2. The van der Waals surface area contributed by atoms with Crippen LogP contribution in [0.15, 0.2) is 36.4 Å². The molecule has 2 aromatic carbocycles. The Morgan fingerprint density at radius 1 is 0.926 bits per heavy atom. The Kier molecular flexibility index (Phi) is 6.82. The molecule has 2 rings (SSSR count). The average Bonchev–Trinajstić information content (AvgIpc) is 2.63. The Balaban J connectivity index is 2.06. The highest BCUT2D eigenvalue weighted by Gasteiger charge is 2.14. The third-order valence-corrected chi connectivity index (χ3v) is 4.13. The van der Waals surface area contributed by atoms with Crippen molar-refractivity contribution in [2.45, 2.75) is 20.8 Å². The van der Waals surface area contributed by atoms with Gasteiger partial charge in [0.15, 0.2) is 0 Å². The second kappa shape index (κ2) is 9.07. The number of aryl methyl sites for hydroxylation is 2. The van der Waals surface area contributed by atoms with E-state index in [1.807, 2.05) is 26.0 Å². The summed E-state index contributed by atoms with van der Waals surface area (Å²) in [5, 5.41) is 2.84. The van der Waals surface area contributed by atoms with Crippen LogP contribution in [0.25, 0.3) is 0 Å². The number of carbonyl (C=O) groups excluding carboxylic acids is 2. The first-order chi connectivity index (χ1) is 12.8. The molecule has 144 valence electrons. The lowest BCUT2D eigenvalue weighted by molar-refractivity contribution is -0.116. The molecule has 0 saturated heterocycles. The number of nitrogens with zero attached hydrogens (tertiary/aromatic N) is 1. The largest absolute Gasteiger partial charge is 0.497 e. The van der Waals surface area contributed by atoms with E-state index in [-0.39, 0.29) is 11.8 Å². The fourth-order valence-corrected chi connectivity index (χ4v) is 2.90. The first-order valence-electron chi connectivity index (χ1n) is 8.71. The van der Waals surface area contributed by atoms with Crippen molar-refractivity contribution in [3.05, 3.63) is 53.1 Å². The van der Waals surface area contributed by atoms with Gasteiger partial charge in [-0.15, -0.1) is 0 Å².